The van der Waals surface area contributed by atoms with Crippen molar-refractivity contribution in [1.29, 1.82) is 0 Å². The molecule has 1 atom stereocenters. The van der Waals surface area contributed by atoms with E-state index in [9.17, 15) is 4.79 Å². The number of nitrogens with one attached hydrogen (secondary N) is 1. The lowest BCUT2D eigenvalue weighted by Crippen LogP contribution is -2.37. The normalized spacial score (nSPS) is 16.2. The molecular weight excluding hydrogens is 309 g/mol. The van der Waals surface area contributed by atoms with Gasteiger partial charge in [0, 0.05) is 23.0 Å². The number of benzene rings is 2. The zero-order valence-corrected chi connectivity index (χ0v) is 12.6. The minimum Gasteiger partial charge on any atom is -0.480 e. The molecule has 0 aromatic heterocycles. The summed E-state index contributed by atoms with van der Waals surface area (Å²) in [7, 11) is 0. The molecule has 3 rings (SSSR count). The van der Waals surface area contributed by atoms with Crippen LogP contribution in [-0.4, -0.2) is 12.0 Å². The highest BCUT2D eigenvalue weighted by Crippen LogP contribution is 2.31. The van der Waals surface area contributed by atoms with E-state index in [1.165, 1.54) is 0 Å². The first-order valence-electron chi connectivity index (χ1n) is 6.59. The lowest BCUT2D eigenvalue weighted by molar-refractivity contribution is -0.127. The maximum Gasteiger partial charge on any atom is 0.261 e. The molecule has 0 saturated heterocycles. The number of hydrogen-bond acceptors (Lipinski definition) is 2. The maximum atomic E-state index is 12.2. The summed E-state index contributed by atoms with van der Waals surface area (Å²) in [6, 6.07) is 12.8. The lowest BCUT2D eigenvalue weighted by atomic mass is 10.1. The molecule has 2 aromatic rings. The number of carbonyl (C=O) groups is 1. The van der Waals surface area contributed by atoms with Gasteiger partial charge in [-0.05, 0) is 41.5 Å². The third kappa shape index (κ3) is 3.31. The van der Waals surface area contributed by atoms with Crippen molar-refractivity contribution in [3.63, 3.8) is 0 Å². The molecule has 0 unspecified atom stereocenters. The number of halogens is 2. The predicted octanol–water partition coefficient (Wildman–Crippen LogP) is 3.61. The summed E-state index contributed by atoms with van der Waals surface area (Å²) >= 11 is 11.9. The summed E-state index contributed by atoms with van der Waals surface area (Å²) in [5.41, 5.74) is 1.92. The van der Waals surface area contributed by atoms with Crippen molar-refractivity contribution in [1.82, 2.24) is 5.32 Å². The molecule has 1 aliphatic heterocycles. The molecule has 108 valence electrons. The average Bonchev–Trinajstić information content (AvgIpc) is 2.88. The fraction of sp³-hybridized carbons (Fsp3) is 0.188. The second kappa shape index (κ2) is 5.96. The van der Waals surface area contributed by atoms with Crippen molar-refractivity contribution in [3.05, 3.63) is 63.6 Å². The standard InChI is InChI=1S/C16H13Cl2NO2/c17-12-3-1-2-10(6-12)9-19-16(20)15-8-11-7-13(18)4-5-14(11)21-15/h1-7,15H,8-9H2,(H,19,20)/t15-/m0/s1. The smallest absolute Gasteiger partial charge is 0.261 e. The number of rotatable bonds is 3. The Morgan fingerprint density at radius 2 is 2.00 bits per heavy atom. The van der Waals surface area contributed by atoms with Crippen LogP contribution in [0.25, 0.3) is 0 Å². The highest BCUT2D eigenvalue weighted by atomic mass is 35.5. The van der Waals surface area contributed by atoms with Crippen LogP contribution in [0.1, 0.15) is 11.1 Å². The molecule has 0 saturated carbocycles. The monoisotopic (exact) mass is 321 g/mol. The van der Waals surface area contributed by atoms with Gasteiger partial charge < -0.3 is 10.1 Å². The Balaban J connectivity index is 1.60. The topological polar surface area (TPSA) is 38.3 Å². The molecule has 0 fully saturated rings. The van der Waals surface area contributed by atoms with E-state index in [1.807, 2.05) is 24.3 Å². The van der Waals surface area contributed by atoms with Crippen molar-refractivity contribution in [2.45, 2.75) is 19.1 Å². The lowest BCUT2D eigenvalue weighted by Gasteiger charge is -2.11. The summed E-state index contributed by atoms with van der Waals surface area (Å²) in [5.74, 6) is 0.588. The second-order valence-corrected chi connectivity index (χ2v) is 5.78. The van der Waals surface area contributed by atoms with Crippen LogP contribution in [0.4, 0.5) is 0 Å². The van der Waals surface area contributed by atoms with Gasteiger partial charge >= 0.3 is 0 Å². The first kappa shape index (κ1) is 14.2. The minimum absolute atomic E-state index is 0.137. The van der Waals surface area contributed by atoms with E-state index in [0.717, 1.165) is 16.9 Å². The molecule has 1 aliphatic rings. The van der Waals surface area contributed by atoms with Gasteiger partial charge in [-0.25, -0.2) is 0 Å². The molecule has 0 radical (unpaired) electrons. The number of fused-ring (bicyclic) bond motifs is 1. The van der Waals surface area contributed by atoms with Gasteiger partial charge in [-0.2, -0.15) is 0 Å². The van der Waals surface area contributed by atoms with Gasteiger partial charge in [0.1, 0.15) is 5.75 Å². The van der Waals surface area contributed by atoms with Crippen LogP contribution in [0.5, 0.6) is 5.75 Å². The molecule has 1 heterocycles. The molecule has 0 aliphatic carbocycles. The van der Waals surface area contributed by atoms with Crippen molar-refractivity contribution in [2.24, 2.45) is 0 Å². The molecule has 1 N–H and O–H groups in total. The highest BCUT2D eigenvalue weighted by molar-refractivity contribution is 6.30. The second-order valence-electron chi connectivity index (χ2n) is 4.91. The molecule has 0 spiro atoms. The molecule has 1 amide bonds. The summed E-state index contributed by atoms with van der Waals surface area (Å²) in [6.45, 7) is 0.427. The Hall–Kier alpha value is -1.71. The van der Waals surface area contributed by atoms with Crippen LogP contribution in [0, 0.1) is 0 Å². The molecule has 5 heteroatoms. The van der Waals surface area contributed by atoms with E-state index in [0.29, 0.717) is 23.0 Å². The quantitative estimate of drug-likeness (QED) is 0.937. The van der Waals surface area contributed by atoms with E-state index < -0.39 is 6.10 Å². The summed E-state index contributed by atoms with van der Waals surface area (Å²) in [4.78, 5) is 12.2. The Labute approximate surface area is 132 Å². The van der Waals surface area contributed by atoms with Gasteiger partial charge in [-0.3, -0.25) is 4.79 Å². The first-order valence-corrected chi connectivity index (χ1v) is 7.34. The Kier molecular flexibility index (Phi) is 4.04. The predicted molar refractivity (Wildman–Crippen MR) is 82.9 cm³/mol. The fourth-order valence-electron chi connectivity index (χ4n) is 2.31. The van der Waals surface area contributed by atoms with Gasteiger partial charge in [0.15, 0.2) is 6.10 Å². The van der Waals surface area contributed by atoms with E-state index in [4.69, 9.17) is 27.9 Å². The first-order chi connectivity index (χ1) is 10.1. The zero-order chi connectivity index (χ0) is 14.8. The number of amides is 1. The van der Waals surface area contributed by atoms with Crippen LogP contribution in [0.2, 0.25) is 10.0 Å². The number of ether oxygens (including phenoxy) is 1. The summed E-state index contributed by atoms with van der Waals surface area (Å²) in [5, 5.41) is 4.17. The van der Waals surface area contributed by atoms with E-state index in [-0.39, 0.29) is 5.91 Å². The molecular formula is C16H13Cl2NO2. The van der Waals surface area contributed by atoms with Crippen LogP contribution in [0.15, 0.2) is 42.5 Å². The maximum absolute atomic E-state index is 12.2. The van der Waals surface area contributed by atoms with Crippen LogP contribution >= 0.6 is 23.2 Å². The van der Waals surface area contributed by atoms with Crippen molar-refractivity contribution < 1.29 is 9.53 Å². The highest BCUT2D eigenvalue weighted by Gasteiger charge is 2.28. The van der Waals surface area contributed by atoms with Gasteiger partial charge in [-0.1, -0.05) is 35.3 Å². The van der Waals surface area contributed by atoms with E-state index in [2.05, 4.69) is 5.32 Å². The van der Waals surface area contributed by atoms with Gasteiger partial charge in [-0.15, -0.1) is 0 Å². The Bertz CT molecular complexity index is 688. The molecule has 21 heavy (non-hydrogen) atoms. The number of hydrogen-bond donors (Lipinski definition) is 1. The van der Waals surface area contributed by atoms with Gasteiger partial charge in [0.05, 0.1) is 0 Å². The Morgan fingerprint density at radius 3 is 2.81 bits per heavy atom. The molecule has 2 aromatic carbocycles. The van der Waals surface area contributed by atoms with Crippen LogP contribution in [0.3, 0.4) is 0 Å². The average molecular weight is 322 g/mol. The zero-order valence-electron chi connectivity index (χ0n) is 11.1. The van der Waals surface area contributed by atoms with Gasteiger partial charge in [0.25, 0.3) is 5.91 Å². The largest absolute Gasteiger partial charge is 0.480 e. The molecule has 0 bridgehead atoms. The van der Waals surface area contributed by atoms with Crippen molar-refractivity contribution in [2.75, 3.05) is 0 Å². The van der Waals surface area contributed by atoms with Crippen molar-refractivity contribution >= 4 is 29.1 Å². The minimum atomic E-state index is -0.502. The van der Waals surface area contributed by atoms with E-state index in [1.54, 1.807) is 18.2 Å². The van der Waals surface area contributed by atoms with Crippen molar-refractivity contribution in [3.8, 4) is 5.75 Å². The van der Waals surface area contributed by atoms with Gasteiger partial charge in [0.2, 0.25) is 0 Å². The fourth-order valence-corrected chi connectivity index (χ4v) is 2.72. The summed E-state index contributed by atoms with van der Waals surface area (Å²) in [6.07, 6.45) is 0.0368. The third-order valence-electron chi connectivity index (χ3n) is 3.35. The summed E-state index contributed by atoms with van der Waals surface area (Å²) < 4.78 is 5.64. The number of carbonyl (C=O) groups excluding carboxylic acids is 1. The van der Waals surface area contributed by atoms with E-state index >= 15 is 0 Å². The SMILES string of the molecule is O=C(NCc1cccc(Cl)c1)[C@@H]1Cc2cc(Cl)ccc2O1. The molecule has 3 nitrogen and oxygen atoms in total. The van der Waals surface area contributed by atoms with Crippen LogP contribution < -0.4 is 10.1 Å². The third-order valence-corrected chi connectivity index (χ3v) is 3.82. The Morgan fingerprint density at radius 1 is 1.19 bits per heavy atom. The van der Waals surface area contributed by atoms with Crippen LogP contribution in [-0.2, 0) is 17.8 Å².